The Morgan fingerprint density at radius 1 is 1.89 bits per heavy atom. The molecule has 0 saturated carbocycles. The van der Waals surface area contributed by atoms with Crippen molar-refractivity contribution in [2.75, 3.05) is 0 Å². The van der Waals surface area contributed by atoms with Gasteiger partial charge in [0.25, 0.3) is 0 Å². The zero-order valence-electron chi connectivity index (χ0n) is 5.55. The molecule has 0 aromatic rings. The van der Waals surface area contributed by atoms with E-state index in [2.05, 4.69) is 19.4 Å². The van der Waals surface area contributed by atoms with Gasteiger partial charge in [-0.05, 0) is 22.8 Å². The molecule has 0 aliphatic carbocycles. The molecular weight excluding hydrogens is 128 g/mol. The zero-order valence-corrected chi connectivity index (χ0v) is 6.37. The molecular formula is C8H10S. The van der Waals surface area contributed by atoms with Gasteiger partial charge in [0.1, 0.15) is 0 Å². The maximum absolute atomic E-state index is 4.98. The minimum Gasteiger partial charge on any atom is -0.115 e. The summed E-state index contributed by atoms with van der Waals surface area (Å²) in [6.45, 7) is 5.86. The van der Waals surface area contributed by atoms with Crippen molar-refractivity contribution < 1.29 is 0 Å². The Morgan fingerprint density at radius 3 is 3.00 bits per heavy atom. The van der Waals surface area contributed by atoms with Crippen LogP contribution in [-0.4, -0.2) is 0 Å². The van der Waals surface area contributed by atoms with E-state index in [4.69, 9.17) is 6.42 Å². The number of thioether (sulfide) groups is 1. The van der Waals surface area contributed by atoms with E-state index < -0.39 is 0 Å². The van der Waals surface area contributed by atoms with Crippen molar-refractivity contribution >= 4 is 11.8 Å². The normalized spacial score (nSPS) is 9.33. The Bertz CT molecular complexity index is 148. The maximum Gasteiger partial charge on any atom is -0.00550 e. The second-order valence-corrected chi connectivity index (χ2v) is 2.56. The van der Waals surface area contributed by atoms with E-state index in [9.17, 15) is 0 Å². The standard InChI is InChI=1S/C8H10S/c1-4-6-7-9-8(3)5-2/h1,6-7H,3,5H2,2H3/b7-6-. The van der Waals surface area contributed by atoms with Crippen molar-refractivity contribution in [1.82, 2.24) is 0 Å². The molecule has 0 atom stereocenters. The van der Waals surface area contributed by atoms with E-state index >= 15 is 0 Å². The third kappa shape index (κ3) is 5.26. The van der Waals surface area contributed by atoms with Crippen LogP contribution < -0.4 is 0 Å². The molecule has 48 valence electrons. The van der Waals surface area contributed by atoms with Gasteiger partial charge in [-0.2, -0.15) is 0 Å². The first-order valence-electron chi connectivity index (χ1n) is 2.76. The lowest BCUT2D eigenvalue weighted by atomic mass is 10.5. The van der Waals surface area contributed by atoms with Crippen LogP contribution in [0.15, 0.2) is 23.0 Å². The fraction of sp³-hybridized carbons (Fsp3) is 0.250. The van der Waals surface area contributed by atoms with Crippen molar-refractivity contribution in [3.05, 3.63) is 23.0 Å². The van der Waals surface area contributed by atoms with Gasteiger partial charge in [-0.1, -0.05) is 19.4 Å². The Kier molecular flexibility index (Phi) is 5.15. The molecule has 0 fully saturated rings. The van der Waals surface area contributed by atoms with E-state index in [1.807, 2.05) is 5.41 Å². The summed E-state index contributed by atoms with van der Waals surface area (Å²) >= 11 is 1.58. The van der Waals surface area contributed by atoms with Gasteiger partial charge in [-0.25, -0.2) is 0 Å². The largest absolute Gasteiger partial charge is 0.115 e. The summed E-state index contributed by atoms with van der Waals surface area (Å²) in [6.07, 6.45) is 7.65. The monoisotopic (exact) mass is 138 g/mol. The summed E-state index contributed by atoms with van der Waals surface area (Å²) < 4.78 is 0. The molecule has 0 aromatic heterocycles. The molecule has 0 aliphatic heterocycles. The van der Waals surface area contributed by atoms with Crippen LogP contribution in [0, 0.1) is 12.3 Å². The van der Waals surface area contributed by atoms with Crippen molar-refractivity contribution in [3.8, 4) is 12.3 Å². The van der Waals surface area contributed by atoms with E-state index in [0.29, 0.717) is 0 Å². The van der Waals surface area contributed by atoms with Gasteiger partial charge in [0.15, 0.2) is 0 Å². The lowest BCUT2D eigenvalue weighted by molar-refractivity contribution is 1.21. The summed E-state index contributed by atoms with van der Waals surface area (Å²) in [5, 5.41) is 1.87. The predicted octanol–water partition coefficient (Wildman–Crippen LogP) is 2.79. The molecule has 0 N–H and O–H groups in total. The van der Waals surface area contributed by atoms with Crippen molar-refractivity contribution in [1.29, 1.82) is 0 Å². The fourth-order valence-electron chi connectivity index (χ4n) is 0.253. The molecule has 0 saturated heterocycles. The molecule has 0 radical (unpaired) electrons. The summed E-state index contributed by atoms with van der Waals surface area (Å²) in [6, 6.07) is 0. The van der Waals surface area contributed by atoms with E-state index in [1.54, 1.807) is 17.8 Å². The lowest BCUT2D eigenvalue weighted by Crippen LogP contribution is -1.62. The first-order valence-corrected chi connectivity index (χ1v) is 3.64. The SMILES string of the molecule is C#C/C=C\SC(=C)CC. The number of terminal acetylenes is 1. The summed E-state index contributed by atoms with van der Waals surface area (Å²) in [5.74, 6) is 2.40. The molecule has 0 bridgehead atoms. The van der Waals surface area contributed by atoms with Crippen molar-refractivity contribution in [2.45, 2.75) is 13.3 Å². The Balaban J connectivity index is 3.41. The summed E-state index contributed by atoms with van der Waals surface area (Å²) in [7, 11) is 0. The van der Waals surface area contributed by atoms with E-state index in [-0.39, 0.29) is 0 Å². The van der Waals surface area contributed by atoms with Crippen LogP contribution in [0.25, 0.3) is 0 Å². The third-order valence-corrected chi connectivity index (χ3v) is 1.69. The second-order valence-electron chi connectivity index (χ2n) is 1.48. The van der Waals surface area contributed by atoms with Gasteiger partial charge in [-0.3, -0.25) is 0 Å². The minimum absolute atomic E-state index is 1.000. The molecule has 1 heteroatoms. The molecule has 0 aromatic carbocycles. The number of allylic oxidation sites excluding steroid dienone is 2. The van der Waals surface area contributed by atoms with Gasteiger partial charge in [-0.15, -0.1) is 18.2 Å². The first kappa shape index (κ1) is 8.39. The highest BCUT2D eigenvalue weighted by molar-refractivity contribution is 8.05. The molecule has 0 nitrogen and oxygen atoms in total. The quantitative estimate of drug-likeness (QED) is 0.540. The molecule has 0 spiro atoms. The van der Waals surface area contributed by atoms with Crippen LogP contribution in [0.1, 0.15) is 13.3 Å². The maximum atomic E-state index is 4.98. The molecule has 9 heavy (non-hydrogen) atoms. The lowest BCUT2D eigenvalue weighted by Gasteiger charge is -1.91. The molecule has 0 rings (SSSR count). The topological polar surface area (TPSA) is 0 Å². The molecule has 0 amide bonds. The number of hydrogen-bond acceptors (Lipinski definition) is 1. The predicted molar refractivity (Wildman–Crippen MR) is 45.0 cm³/mol. The third-order valence-electron chi connectivity index (χ3n) is 0.793. The average Bonchev–Trinajstić information content (AvgIpc) is 1.89. The van der Waals surface area contributed by atoms with Crippen LogP contribution in [0.5, 0.6) is 0 Å². The van der Waals surface area contributed by atoms with Crippen molar-refractivity contribution in [2.24, 2.45) is 0 Å². The Labute approximate surface area is 61.0 Å². The molecule has 0 unspecified atom stereocenters. The van der Waals surface area contributed by atoms with Gasteiger partial charge >= 0.3 is 0 Å². The van der Waals surface area contributed by atoms with Gasteiger partial charge in [0.05, 0.1) is 0 Å². The second kappa shape index (κ2) is 5.53. The number of hydrogen-bond donors (Lipinski definition) is 0. The summed E-state index contributed by atoms with van der Waals surface area (Å²) in [5.41, 5.74) is 0. The van der Waals surface area contributed by atoms with Gasteiger partial charge < -0.3 is 0 Å². The van der Waals surface area contributed by atoms with E-state index in [1.165, 1.54) is 0 Å². The highest BCUT2D eigenvalue weighted by Crippen LogP contribution is 2.16. The van der Waals surface area contributed by atoms with Crippen LogP contribution in [-0.2, 0) is 0 Å². The minimum atomic E-state index is 1.000. The molecule has 0 aliphatic rings. The van der Waals surface area contributed by atoms with Gasteiger partial charge in [0, 0.05) is 0 Å². The fourth-order valence-corrected chi connectivity index (χ4v) is 0.759. The smallest absolute Gasteiger partial charge is 0.00550 e. The highest BCUT2D eigenvalue weighted by Gasteiger charge is 1.82. The average molecular weight is 138 g/mol. The highest BCUT2D eigenvalue weighted by atomic mass is 32.2. The van der Waals surface area contributed by atoms with Crippen molar-refractivity contribution in [3.63, 3.8) is 0 Å². The Hall–Kier alpha value is -0.610. The van der Waals surface area contributed by atoms with E-state index in [0.717, 1.165) is 11.3 Å². The summed E-state index contributed by atoms with van der Waals surface area (Å²) in [4.78, 5) is 1.14. The van der Waals surface area contributed by atoms with Crippen LogP contribution in [0.3, 0.4) is 0 Å². The van der Waals surface area contributed by atoms with Crippen LogP contribution >= 0.6 is 11.8 Å². The number of rotatable bonds is 3. The molecule has 0 heterocycles. The Morgan fingerprint density at radius 2 is 2.56 bits per heavy atom. The van der Waals surface area contributed by atoms with Crippen LogP contribution in [0.4, 0.5) is 0 Å². The first-order chi connectivity index (χ1) is 4.31. The van der Waals surface area contributed by atoms with Gasteiger partial charge in [0.2, 0.25) is 0 Å². The zero-order chi connectivity index (χ0) is 7.11. The van der Waals surface area contributed by atoms with Crippen LogP contribution in [0.2, 0.25) is 0 Å².